The van der Waals surface area contributed by atoms with E-state index in [1.807, 2.05) is 0 Å². The van der Waals surface area contributed by atoms with E-state index in [1.165, 1.54) is 12.0 Å². The molecule has 71 valence electrons. The molecule has 2 unspecified atom stereocenters. The zero-order chi connectivity index (χ0) is 8.77. The molecule has 13 heavy (non-hydrogen) atoms. The van der Waals surface area contributed by atoms with Crippen LogP contribution in [-0.2, 0) is 4.74 Å². The van der Waals surface area contributed by atoms with Crippen LogP contribution in [0.15, 0.2) is 12.2 Å². The molecule has 1 spiro atoms. The van der Waals surface area contributed by atoms with Gasteiger partial charge < -0.3 is 9.84 Å². The molecule has 3 heteroatoms. The number of aliphatic hydroxyl groups excluding tert-OH is 1. The minimum absolute atomic E-state index is 0. The maximum Gasteiger partial charge on any atom is 0.118 e. The fourth-order valence-corrected chi connectivity index (χ4v) is 2.29. The van der Waals surface area contributed by atoms with Crippen LogP contribution in [0.2, 0.25) is 0 Å². The normalized spacial score (nSPS) is 43.1. The van der Waals surface area contributed by atoms with Crippen molar-refractivity contribution in [3.05, 3.63) is 12.2 Å². The van der Waals surface area contributed by atoms with Crippen molar-refractivity contribution in [2.24, 2.45) is 5.92 Å². The Hall–Kier alpha value is 1.10. The maximum atomic E-state index is 8.96. The van der Waals surface area contributed by atoms with Crippen molar-refractivity contribution in [3.63, 3.8) is 0 Å². The van der Waals surface area contributed by atoms with E-state index < -0.39 is 0 Å². The molecule has 1 aliphatic heterocycles. The third kappa shape index (κ3) is 2.04. The Kier molecular flexibility index (Phi) is 4.03. The molecule has 2 rings (SSSR count). The summed E-state index contributed by atoms with van der Waals surface area (Å²) < 4.78 is 5.53. The third-order valence-electron chi connectivity index (χ3n) is 3.17. The molecule has 1 aliphatic carbocycles. The predicted molar refractivity (Wildman–Crippen MR) is 46.8 cm³/mol. The van der Waals surface area contributed by atoms with E-state index in [1.54, 1.807) is 0 Å². The van der Waals surface area contributed by atoms with E-state index in [0.29, 0.717) is 5.92 Å². The van der Waals surface area contributed by atoms with Gasteiger partial charge in [0, 0.05) is 44.1 Å². The molecular formula is C10H16AcO2. The minimum Gasteiger partial charge on any atom is -0.394 e. The number of ether oxygens (including phenoxy) is 1. The van der Waals surface area contributed by atoms with Gasteiger partial charge in [-0.25, -0.2) is 0 Å². The average molecular weight is 395 g/mol. The van der Waals surface area contributed by atoms with E-state index in [9.17, 15) is 0 Å². The van der Waals surface area contributed by atoms with E-state index >= 15 is 0 Å². The molecular weight excluding hydrogens is 379 g/mol. The zero-order valence-corrected chi connectivity index (χ0v) is 12.9. The zero-order valence-electron chi connectivity index (χ0n) is 8.12. The Balaban J connectivity index is 0.000000845. The van der Waals surface area contributed by atoms with Crippen LogP contribution in [0, 0.1) is 50.0 Å². The summed E-state index contributed by atoms with van der Waals surface area (Å²) in [6, 6.07) is 0. The topological polar surface area (TPSA) is 32.8 Å². The van der Waals surface area contributed by atoms with Gasteiger partial charge in [-0.1, -0.05) is 13.5 Å². The van der Waals surface area contributed by atoms with Gasteiger partial charge in [0.25, 0.3) is 0 Å². The van der Waals surface area contributed by atoms with Gasteiger partial charge in [0.05, 0.1) is 6.61 Å². The molecule has 0 aromatic heterocycles. The van der Waals surface area contributed by atoms with Crippen LogP contribution in [0.25, 0.3) is 0 Å². The minimum atomic E-state index is -0.119. The first-order valence-electron chi connectivity index (χ1n) is 4.66. The van der Waals surface area contributed by atoms with Gasteiger partial charge in [-0.05, 0) is 30.8 Å². The molecule has 1 N–H and O–H groups in total. The summed E-state index contributed by atoms with van der Waals surface area (Å²) in [6.45, 7) is 6.41. The van der Waals surface area contributed by atoms with Gasteiger partial charge in [0.2, 0.25) is 0 Å². The summed E-state index contributed by atoms with van der Waals surface area (Å²) in [5.41, 5.74) is 1.08. The van der Waals surface area contributed by atoms with E-state index in [4.69, 9.17) is 9.84 Å². The average Bonchev–Trinajstić information content (AvgIpc) is 2.73. The second-order valence-electron chi connectivity index (χ2n) is 4.13. The summed E-state index contributed by atoms with van der Waals surface area (Å²) in [6.07, 6.45) is 3.39. The van der Waals surface area contributed by atoms with Gasteiger partial charge in [0.1, 0.15) is 11.7 Å². The largest absolute Gasteiger partial charge is 0.394 e. The van der Waals surface area contributed by atoms with Gasteiger partial charge >= 0.3 is 0 Å². The van der Waals surface area contributed by atoms with Crippen LogP contribution in [0.1, 0.15) is 26.2 Å². The van der Waals surface area contributed by atoms with Crippen LogP contribution < -0.4 is 0 Å². The Labute approximate surface area is 115 Å². The Morgan fingerprint density at radius 2 is 2.38 bits per heavy atom. The molecule has 1 heterocycles. The van der Waals surface area contributed by atoms with Crippen LogP contribution >= 0.6 is 0 Å². The first-order valence-corrected chi connectivity index (χ1v) is 4.66. The standard InChI is InChI=1S/C10H16O2.Ac/c1-7-3-4-8(2)10(5-7)9(6-11)12-10;/h7,9,11H,2-6H2,1H3;/t7-,9?,10?;/m1./s1. The van der Waals surface area contributed by atoms with Crippen molar-refractivity contribution in [1.29, 1.82) is 0 Å². The SMILES string of the molecule is C=C1CC[C@@H](C)CC12OC2CO.[Ac]. The molecule has 1 saturated heterocycles. The van der Waals surface area contributed by atoms with Gasteiger partial charge in [-0.15, -0.1) is 0 Å². The van der Waals surface area contributed by atoms with Gasteiger partial charge in [-0.3, -0.25) is 0 Å². The summed E-state index contributed by atoms with van der Waals surface area (Å²) in [7, 11) is 0. The number of aliphatic hydroxyl groups is 1. The number of rotatable bonds is 1. The molecule has 1 radical (unpaired) electrons. The third-order valence-corrected chi connectivity index (χ3v) is 3.17. The fourth-order valence-electron chi connectivity index (χ4n) is 2.29. The molecule has 0 bridgehead atoms. The second kappa shape index (κ2) is 4.31. The first-order chi connectivity index (χ1) is 5.69. The predicted octanol–water partition coefficient (Wildman–Crippen LogP) is 1.49. The summed E-state index contributed by atoms with van der Waals surface area (Å²) in [5.74, 6) is 0.715. The maximum absolute atomic E-state index is 8.96. The molecule has 2 fully saturated rings. The number of hydrogen-bond acceptors (Lipinski definition) is 2. The number of hydrogen-bond donors (Lipinski definition) is 1. The summed E-state index contributed by atoms with van der Waals surface area (Å²) in [4.78, 5) is 0. The molecule has 2 nitrogen and oxygen atoms in total. The monoisotopic (exact) mass is 395 g/mol. The Morgan fingerprint density at radius 1 is 1.69 bits per heavy atom. The van der Waals surface area contributed by atoms with Gasteiger partial charge in [0.15, 0.2) is 0 Å². The smallest absolute Gasteiger partial charge is 0.118 e. The summed E-state index contributed by atoms with van der Waals surface area (Å²) in [5, 5.41) is 8.96. The quantitative estimate of drug-likeness (QED) is 0.539. The Morgan fingerprint density at radius 3 is 2.92 bits per heavy atom. The van der Waals surface area contributed by atoms with Crippen LogP contribution in [0.5, 0.6) is 0 Å². The van der Waals surface area contributed by atoms with E-state index in [-0.39, 0.29) is 62.4 Å². The van der Waals surface area contributed by atoms with Crippen molar-refractivity contribution < 1.29 is 53.9 Å². The molecule has 0 aromatic carbocycles. The number of epoxide rings is 1. The molecule has 2 aliphatic rings. The molecule has 3 atom stereocenters. The fraction of sp³-hybridized carbons (Fsp3) is 0.800. The van der Waals surface area contributed by atoms with Crippen LogP contribution in [-0.4, -0.2) is 23.4 Å². The van der Waals surface area contributed by atoms with Crippen molar-refractivity contribution in [2.75, 3.05) is 6.61 Å². The summed E-state index contributed by atoms with van der Waals surface area (Å²) >= 11 is 0. The van der Waals surface area contributed by atoms with E-state index in [2.05, 4.69) is 13.5 Å². The molecule has 0 aromatic rings. The first kappa shape index (κ1) is 12.2. The van der Waals surface area contributed by atoms with Crippen LogP contribution in [0.3, 0.4) is 0 Å². The van der Waals surface area contributed by atoms with Crippen LogP contribution in [0.4, 0.5) is 0 Å². The van der Waals surface area contributed by atoms with Crippen molar-refractivity contribution in [1.82, 2.24) is 0 Å². The van der Waals surface area contributed by atoms with Crippen molar-refractivity contribution in [3.8, 4) is 0 Å². The Bertz CT molecular complexity index is 217. The second-order valence-corrected chi connectivity index (χ2v) is 4.13. The van der Waals surface area contributed by atoms with Crippen molar-refractivity contribution in [2.45, 2.75) is 37.9 Å². The molecule has 0 amide bonds. The van der Waals surface area contributed by atoms with Gasteiger partial charge in [-0.2, -0.15) is 0 Å². The van der Waals surface area contributed by atoms with Crippen molar-refractivity contribution >= 4 is 0 Å². The van der Waals surface area contributed by atoms with E-state index in [0.717, 1.165) is 12.8 Å². The molecule has 1 saturated carbocycles.